The number of nitrogens with two attached hydrogens (primary N) is 1. The van der Waals surface area contributed by atoms with Crippen molar-refractivity contribution in [3.05, 3.63) is 30.3 Å². The molecule has 0 saturated carbocycles. The highest BCUT2D eigenvalue weighted by Gasteiger charge is 2.09. The van der Waals surface area contributed by atoms with Gasteiger partial charge in [-0.2, -0.15) is 0 Å². The number of nitrogen functional groups attached to an aromatic ring is 1. The molecule has 5 heteroatoms. The van der Waals surface area contributed by atoms with Crippen LogP contribution in [-0.2, 0) is 0 Å². The molecule has 2 aromatic heterocycles. The first-order valence-electron chi connectivity index (χ1n) is 4.35. The molecular formula is C10H9N3O2. The van der Waals surface area contributed by atoms with E-state index >= 15 is 0 Å². The number of anilines is 1. The first-order valence-corrected chi connectivity index (χ1v) is 4.35. The van der Waals surface area contributed by atoms with Crippen LogP contribution in [0.4, 0.5) is 5.82 Å². The molecule has 5 nitrogen and oxygen atoms in total. The summed E-state index contributed by atoms with van der Waals surface area (Å²) in [6, 6.07) is 3.35. The molecule has 0 fully saturated rings. The fraction of sp³-hybridized carbons (Fsp3) is 0.100. The maximum Gasteiger partial charge on any atom is 0.226 e. The number of hydrogen-bond acceptors (Lipinski definition) is 5. The van der Waals surface area contributed by atoms with Gasteiger partial charge < -0.3 is 10.2 Å². The Labute approximate surface area is 86.0 Å². The van der Waals surface area contributed by atoms with Gasteiger partial charge in [0.05, 0.1) is 0 Å². The topological polar surface area (TPSA) is 82.0 Å². The van der Waals surface area contributed by atoms with Crippen LogP contribution in [0, 0.1) is 0 Å². The van der Waals surface area contributed by atoms with Gasteiger partial charge >= 0.3 is 0 Å². The van der Waals surface area contributed by atoms with E-state index < -0.39 is 0 Å². The van der Waals surface area contributed by atoms with Gasteiger partial charge in [-0.25, -0.2) is 9.97 Å². The van der Waals surface area contributed by atoms with Crippen LogP contribution in [-0.4, -0.2) is 15.8 Å². The molecule has 0 bridgehead atoms. The summed E-state index contributed by atoms with van der Waals surface area (Å²) in [6.07, 6.45) is 2.89. The fourth-order valence-corrected chi connectivity index (χ4v) is 1.15. The quantitative estimate of drug-likeness (QED) is 0.748. The summed E-state index contributed by atoms with van der Waals surface area (Å²) in [7, 11) is 0. The predicted octanol–water partition coefficient (Wildman–Crippen LogP) is 1.52. The second kappa shape index (κ2) is 3.53. The molecule has 15 heavy (non-hydrogen) atoms. The predicted molar refractivity (Wildman–Crippen MR) is 54.2 cm³/mol. The Morgan fingerprint density at radius 3 is 2.93 bits per heavy atom. The Kier molecular flexibility index (Phi) is 2.21. The van der Waals surface area contributed by atoms with Gasteiger partial charge in [0.25, 0.3) is 0 Å². The van der Waals surface area contributed by atoms with Crippen molar-refractivity contribution in [2.24, 2.45) is 0 Å². The second-order valence-electron chi connectivity index (χ2n) is 3.06. The van der Waals surface area contributed by atoms with Crippen LogP contribution in [0.3, 0.4) is 0 Å². The van der Waals surface area contributed by atoms with Crippen LogP contribution in [0.1, 0.15) is 17.4 Å². The van der Waals surface area contributed by atoms with Crippen LogP contribution in [0.5, 0.6) is 0 Å². The highest BCUT2D eigenvalue weighted by Crippen LogP contribution is 2.19. The largest absolute Gasteiger partial charge is 0.444 e. The molecule has 0 saturated heterocycles. The normalized spacial score (nSPS) is 10.2. The molecule has 0 unspecified atom stereocenters. The Balaban J connectivity index is 2.41. The van der Waals surface area contributed by atoms with E-state index in [2.05, 4.69) is 9.97 Å². The van der Waals surface area contributed by atoms with Gasteiger partial charge in [-0.15, -0.1) is 0 Å². The average molecular weight is 203 g/mol. The zero-order valence-electron chi connectivity index (χ0n) is 8.10. The van der Waals surface area contributed by atoms with E-state index in [9.17, 15) is 4.79 Å². The minimum atomic E-state index is -0.132. The summed E-state index contributed by atoms with van der Waals surface area (Å²) in [5.41, 5.74) is 6.52. The minimum absolute atomic E-state index is 0.132. The molecule has 0 aliphatic rings. The number of Topliss-reactive ketones (excluding diaryl/α,β-unsaturated/α-hetero) is 1. The van der Waals surface area contributed by atoms with E-state index in [1.54, 1.807) is 18.3 Å². The van der Waals surface area contributed by atoms with E-state index in [-0.39, 0.29) is 5.78 Å². The summed E-state index contributed by atoms with van der Waals surface area (Å²) in [6.45, 7) is 1.43. The molecular weight excluding hydrogens is 194 g/mol. The van der Waals surface area contributed by atoms with Gasteiger partial charge in [0.15, 0.2) is 5.78 Å². The molecule has 2 rings (SSSR count). The molecule has 76 valence electrons. The second-order valence-corrected chi connectivity index (χ2v) is 3.06. The third kappa shape index (κ3) is 1.85. The number of ketones is 1. The van der Waals surface area contributed by atoms with Crippen LogP contribution < -0.4 is 5.73 Å². The van der Waals surface area contributed by atoms with E-state index in [1.165, 1.54) is 13.2 Å². The first-order chi connectivity index (χ1) is 7.16. The smallest absolute Gasteiger partial charge is 0.226 e. The lowest BCUT2D eigenvalue weighted by Crippen LogP contribution is -1.92. The lowest BCUT2D eigenvalue weighted by atomic mass is 10.2. The molecule has 0 atom stereocenters. The number of rotatable bonds is 2. The SMILES string of the molecule is CC(=O)c1coc(-c2ccnc(N)c2)n1. The van der Waals surface area contributed by atoms with Crippen molar-refractivity contribution in [3.63, 3.8) is 0 Å². The van der Waals surface area contributed by atoms with Crippen LogP contribution >= 0.6 is 0 Å². The van der Waals surface area contributed by atoms with E-state index in [0.29, 0.717) is 23.0 Å². The van der Waals surface area contributed by atoms with Crippen molar-refractivity contribution in [3.8, 4) is 11.5 Å². The van der Waals surface area contributed by atoms with Crippen molar-refractivity contribution >= 4 is 11.6 Å². The molecule has 0 radical (unpaired) electrons. The van der Waals surface area contributed by atoms with Gasteiger partial charge in [-0.05, 0) is 12.1 Å². The molecule has 0 spiro atoms. The summed E-state index contributed by atoms with van der Waals surface area (Å²) < 4.78 is 5.15. The zero-order valence-corrected chi connectivity index (χ0v) is 8.10. The first kappa shape index (κ1) is 9.39. The van der Waals surface area contributed by atoms with Crippen molar-refractivity contribution in [1.82, 2.24) is 9.97 Å². The molecule has 2 aromatic rings. The van der Waals surface area contributed by atoms with Gasteiger partial charge in [0, 0.05) is 18.7 Å². The summed E-state index contributed by atoms with van der Waals surface area (Å²) in [4.78, 5) is 18.9. The maximum absolute atomic E-state index is 11.0. The number of aromatic nitrogens is 2. The third-order valence-corrected chi connectivity index (χ3v) is 1.89. The number of oxazole rings is 1. The number of hydrogen-bond donors (Lipinski definition) is 1. The Bertz CT molecular complexity index is 505. The molecule has 0 aliphatic carbocycles. The van der Waals surface area contributed by atoms with Crippen LogP contribution in [0.2, 0.25) is 0 Å². The standard InChI is InChI=1S/C10H9N3O2/c1-6(14)8-5-15-10(13-8)7-2-3-12-9(11)4-7/h2-5H,1H3,(H2,11,12). The summed E-state index contributed by atoms with van der Waals surface area (Å²) >= 11 is 0. The van der Waals surface area contributed by atoms with Crippen molar-refractivity contribution < 1.29 is 9.21 Å². The molecule has 0 amide bonds. The van der Waals surface area contributed by atoms with Crippen LogP contribution in [0.15, 0.2) is 29.0 Å². The highest BCUT2D eigenvalue weighted by molar-refractivity contribution is 5.92. The fourth-order valence-electron chi connectivity index (χ4n) is 1.15. The Morgan fingerprint density at radius 2 is 2.33 bits per heavy atom. The van der Waals surface area contributed by atoms with Gasteiger partial charge in [0.2, 0.25) is 5.89 Å². The van der Waals surface area contributed by atoms with Crippen molar-refractivity contribution in [1.29, 1.82) is 0 Å². The Hall–Kier alpha value is -2.17. The molecule has 2 N–H and O–H groups in total. The number of nitrogens with zero attached hydrogens (tertiary/aromatic N) is 2. The molecule has 2 heterocycles. The summed E-state index contributed by atoms with van der Waals surface area (Å²) in [5.74, 6) is 0.622. The molecule has 0 aromatic carbocycles. The summed E-state index contributed by atoms with van der Waals surface area (Å²) in [5, 5.41) is 0. The van der Waals surface area contributed by atoms with Gasteiger partial charge in [0.1, 0.15) is 17.8 Å². The molecule has 0 aliphatic heterocycles. The Morgan fingerprint density at radius 1 is 1.53 bits per heavy atom. The van der Waals surface area contributed by atoms with Gasteiger partial charge in [-0.1, -0.05) is 0 Å². The van der Waals surface area contributed by atoms with E-state index in [4.69, 9.17) is 10.2 Å². The van der Waals surface area contributed by atoms with E-state index in [0.717, 1.165) is 0 Å². The van der Waals surface area contributed by atoms with Crippen molar-refractivity contribution in [2.45, 2.75) is 6.92 Å². The number of pyridine rings is 1. The number of carbonyl (C=O) groups excluding carboxylic acids is 1. The number of carbonyl (C=O) groups is 1. The lowest BCUT2D eigenvalue weighted by Gasteiger charge is -1.95. The van der Waals surface area contributed by atoms with Gasteiger partial charge in [-0.3, -0.25) is 4.79 Å². The monoisotopic (exact) mass is 203 g/mol. The van der Waals surface area contributed by atoms with E-state index in [1.807, 2.05) is 0 Å². The average Bonchev–Trinajstić information content (AvgIpc) is 2.66. The zero-order chi connectivity index (χ0) is 10.8. The highest BCUT2D eigenvalue weighted by atomic mass is 16.3. The maximum atomic E-state index is 11.0. The lowest BCUT2D eigenvalue weighted by molar-refractivity contribution is 0.101. The minimum Gasteiger partial charge on any atom is -0.444 e. The van der Waals surface area contributed by atoms with Crippen LogP contribution in [0.25, 0.3) is 11.5 Å². The third-order valence-electron chi connectivity index (χ3n) is 1.89. The van der Waals surface area contributed by atoms with Crippen molar-refractivity contribution in [2.75, 3.05) is 5.73 Å².